The lowest BCUT2D eigenvalue weighted by molar-refractivity contribution is -0.122. The van der Waals surface area contributed by atoms with E-state index in [4.69, 9.17) is 23.2 Å². The van der Waals surface area contributed by atoms with Crippen molar-refractivity contribution in [1.29, 1.82) is 0 Å². The average molecular weight is 311 g/mol. The van der Waals surface area contributed by atoms with Crippen molar-refractivity contribution in [3.63, 3.8) is 0 Å². The Bertz CT molecular complexity index is 616. The molecule has 0 atom stereocenters. The first-order valence-corrected chi connectivity index (χ1v) is 7.88. The first kappa shape index (κ1) is 12.7. The molecule has 1 fully saturated rings. The Morgan fingerprint density at radius 2 is 0.947 bits per heavy atom. The van der Waals surface area contributed by atoms with Gasteiger partial charge in [-0.2, -0.15) is 0 Å². The largest absolute Gasteiger partial charge is 0.278 e. The molecule has 96 valence electrons. The molecule has 0 unspecified atom stereocenters. The summed E-state index contributed by atoms with van der Waals surface area (Å²) >= 11 is 11.7. The highest BCUT2D eigenvalue weighted by atomic mass is 35.5. The number of hydrogen-bond acceptors (Lipinski definition) is 2. The first-order chi connectivity index (χ1) is 9.06. The van der Waals surface area contributed by atoms with E-state index in [0.29, 0.717) is 10.0 Å². The predicted octanol–water partition coefficient (Wildman–Crippen LogP) is 4.28. The fraction of sp³-hybridized carbons (Fsp3) is 0. The third kappa shape index (κ3) is 1.81. The molecule has 2 aromatic carbocycles. The van der Waals surface area contributed by atoms with Gasteiger partial charge in [0.1, 0.15) is 0 Å². The average Bonchev–Trinajstić information content (AvgIpc) is 2.95. The second-order valence-electron chi connectivity index (χ2n) is 4.10. The second-order valence-corrected chi connectivity index (χ2v) is 7.88. The molecule has 5 heteroatoms. The lowest BCUT2D eigenvalue weighted by atomic mass is 10.4. The van der Waals surface area contributed by atoms with Crippen molar-refractivity contribution in [2.45, 2.75) is 9.79 Å². The van der Waals surface area contributed by atoms with Crippen LogP contribution in [0.3, 0.4) is 0 Å². The Morgan fingerprint density at radius 3 is 1.21 bits per heavy atom. The molecule has 3 rings (SSSR count). The van der Waals surface area contributed by atoms with Crippen LogP contribution in [0.1, 0.15) is 0 Å². The van der Waals surface area contributed by atoms with Crippen LogP contribution in [0.15, 0.2) is 58.3 Å². The molecule has 0 N–H and O–H groups in total. The summed E-state index contributed by atoms with van der Waals surface area (Å²) in [6.45, 7) is 0. The Kier molecular flexibility index (Phi) is 2.93. The molecule has 0 aliphatic carbocycles. The van der Waals surface area contributed by atoms with E-state index in [1.807, 2.05) is 0 Å². The standard InChI is InChI=1S/C14H8Cl2O2S/c15-9-1-5-11(6-2-9)19(13(17)14(19)18)12-7-3-10(16)4-8-12/h1-8H. The molecule has 1 aliphatic rings. The van der Waals surface area contributed by atoms with E-state index < -0.39 is 10.0 Å². The first-order valence-electron chi connectivity index (χ1n) is 5.50. The summed E-state index contributed by atoms with van der Waals surface area (Å²) in [5.74, 6) is 0. The van der Waals surface area contributed by atoms with Gasteiger partial charge in [0.15, 0.2) is 0 Å². The number of carbonyl (C=O) groups is 2. The van der Waals surface area contributed by atoms with Gasteiger partial charge in [-0.25, -0.2) is 0 Å². The highest BCUT2D eigenvalue weighted by Crippen LogP contribution is 2.75. The van der Waals surface area contributed by atoms with Crippen LogP contribution in [-0.4, -0.2) is 10.2 Å². The van der Waals surface area contributed by atoms with Crippen molar-refractivity contribution < 1.29 is 9.59 Å². The third-order valence-electron chi connectivity index (χ3n) is 3.02. The van der Waals surface area contributed by atoms with Gasteiger partial charge >= 0.3 is 0 Å². The molecule has 2 aromatic rings. The molecule has 0 saturated carbocycles. The van der Waals surface area contributed by atoms with E-state index in [2.05, 4.69) is 0 Å². The van der Waals surface area contributed by atoms with Gasteiger partial charge in [0.05, 0.1) is 0 Å². The van der Waals surface area contributed by atoms with Crippen molar-refractivity contribution in [2.24, 2.45) is 0 Å². The zero-order valence-corrected chi connectivity index (χ0v) is 11.9. The Hall–Kier alpha value is -1.29. The number of rotatable bonds is 2. The van der Waals surface area contributed by atoms with Crippen LogP contribution in [0.5, 0.6) is 0 Å². The molecule has 1 heterocycles. The Balaban J connectivity index is 2.16. The maximum Gasteiger partial charge on any atom is 0.263 e. The minimum absolute atomic E-state index is 0.308. The van der Waals surface area contributed by atoms with Crippen LogP contribution >= 0.6 is 33.2 Å². The van der Waals surface area contributed by atoms with Crippen molar-refractivity contribution >= 4 is 43.5 Å². The summed E-state index contributed by atoms with van der Waals surface area (Å²) in [7, 11) is -2.17. The molecular formula is C14H8Cl2O2S. The van der Waals surface area contributed by atoms with E-state index in [1.165, 1.54) is 0 Å². The molecule has 0 radical (unpaired) electrons. The lowest BCUT2D eigenvalue weighted by Crippen LogP contribution is -1.88. The summed E-state index contributed by atoms with van der Waals surface area (Å²) in [6.07, 6.45) is 0. The van der Waals surface area contributed by atoms with Gasteiger partial charge in [-0.15, -0.1) is 0 Å². The normalized spacial score (nSPS) is 18.2. The number of hydrogen-bond donors (Lipinski definition) is 0. The number of benzene rings is 2. The van der Waals surface area contributed by atoms with Crippen molar-refractivity contribution in [2.75, 3.05) is 0 Å². The van der Waals surface area contributed by atoms with Gasteiger partial charge in [0, 0.05) is 19.8 Å². The molecule has 0 amide bonds. The fourth-order valence-electron chi connectivity index (χ4n) is 2.03. The zero-order chi connectivity index (χ0) is 13.6. The molecule has 1 aliphatic heterocycles. The molecule has 19 heavy (non-hydrogen) atoms. The van der Waals surface area contributed by atoms with Gasteiger partial charge in [-0.05, 0) is 48.5 Å². The van der Waals surface area contributed by atoms with Gasteiger partial charge in [0.2, 0.25) is 0 Å². The SMILES string of the molecule is O=C1C(=O)S1(c1ccc(Cl)cc1)c1ccc(Cl)cc1. The fourth-order valence-corrected chi connectivity index (χ4v) is 5.11. The molecule has 0 spiro atoms. The van der Waals surface area contributed by atoms with E-state index in [1.54, 1.807) is 48.5 Å². The van der Waals surface area contributed by atoms with Gasteiger partial charge in [-0.3, -0.25) is 9.59 Å². The highest BCUT2D eigenvalue weighted by molar-refractivity contribution is 8.70. The summed E-state index contributed by atoms with van der Waals surface area (Å²) < 4.78 is 0. The molecule has 2 nitrogen and oxygen atoms in total. The van der Waals surface area contributed by atoms with Crippen LogP contribution < -0.4 is 0 Å². The quantitative estimate of drug-likeness (QED) is 0.613. The molecule has 1 saturated heterocycles. The molecule has 0 bridgehead atoms. The smallest absolute Gasteiger partial charge is 0.263 e. The topological polar surface area (TPSA) is 34.1 Å². The third-order valence-corrected chi connectivity index (χ3v) is 6.76. The summed E-state index contributed by atoms with van der Waals surface area (Å²) in [5, 5.41) is 0.541. The van der Waals surface area contributed by atoms with Crippen molar-refractivity contribution in [3.05, 3.63) is 58.6 Å². The van der Waals surface area contributed by atoms with Gasteiger partial charge in [0.25, 0.3) is 10.2 Å². The van der Waals surface area contributed by atoms with Gasteiger partial charge < -0.3 is 0 Å². The van der Waals surface area contributed by atoms with E-state index in [9.17, 15) is 9.59 Å². The monoisotopic (exact) mass is 310 g/mol. The van der Waals surface area contributed by atoms with E-state index in [-0.39, 0.29) is 10.2 Å². The lowest BCUT2D eigenvalue weighted by Gasteiger charge is -2.16. The van der Waals surface area contributed by atoms with Gasteiger partial charge in [-0.1, -0.05) is 33.2 Å². The minimum atomic E-state index is -2.17. The van der Waals surface area contributed by atoms with Crippen LogP contribution in [0, 0.1) is 0 Å². The summed E-state index contributed by atoms with van der Waals surface area (Å²) in [6, 6.07) is 13.8. The van der Waals surface area contributed by atoms with Crippen LogP contribution in [0.4, 0.5) is 0 Å². The molecular weight excluding hydrogens is 303 g/mol. The minimum Gasteiger partial charge on any atom is -0.278 e. The van der Waals surface area contributed by atoms with E-state index in [0.717, 1.165) is 9.79 Å². The Morgan fingerprint density at radius 1 is 0.632 bits per heavy atom. The van der Waals surface area contributed by atoms with Crippen LogP contribution in [0.2, 0.25) is 10.0 Å². The summed E-state index contributed by atoms with van der Waals surface area (Å²) in [5.41, 5.74) is 0. The predicted molar refractivity (Wildman–Crippen MR) is 77.0 cm³/mol. The van der Waals surface area contributed by atoms with E-state index >= 15 is 0 Å². The van der Waals surface area contributed by atoms with Crippen molar-refractivity contribution in [1.82, 2.24) is 0 Å². The molecule has 0 aromatic heterocycles. The van der Waals surface area contributed by atoms with Crippen molar-refractivity contribution in [3.8, 4) is 0 Å². The highest BCUT2D eigenvalue weighted by Gasteiger charge is 2.62. The summed E-state index contributed by atoms with van der Waals surface area (Å²) in [4.78, 5) is 25.3. The number of carbonyl (C=O) groups excluding carboxylic acids is 2. The zero-order valence-electron chi connectivity index (χ0n) is 9.60. The second kappa shape index (κ2) is 4.37. The van der Waals surface area contributed by atoms with Crippen LogP contribution in [0.25, 0.3) is 0 Å². The maximum atomic E-state index is 11.9. The Labute approximate surface area is 121 Å². The maximum absolute atomic E-state index is 11.9. The number of halogens is 2. The van der Waals surface area contributed by atoms with Crippen LogP contribution in [-0.2, 0) is 9.59 Å².